The van der Waals surface area contributed by atoms with Crippen molar-refractivity contribution >= 4 is 15.7 Å². The molecular weight excluding hydrogens is 393 g/mol. The van der Waals surface area contributed by atoms with Gasteiger partial charge in [0.1, 0.15) is 11.5 Å². The second-order valence-corrected chi connectivity index (χ2v) is 9.97. The van der Waals surface area contributed by atoms with Crippen LogP contribution in [0.5, 0.6) is 0 Å². The zero-order valence-corrected chi connectivity index (χ0v) is 17.3. The van der Waals surface area contributed by atoms with Crippen LogP contribution >= 0.6 is 0 Å². The number of halogens is 1. The van der Waals surface area contributed by atoms with E-state index in [1.807, 2.05) is 18.2 Å². The first-order valence-corrected chi connectivity index (χ1v) is 11.7. The number of pyridine rings is 1. The predicted octanol–water partition coefficient (Wildman–Crippen LogP) is 2.76. The summed E-state index contributed by atoms with van der Waals surface area (Å²) in [4.78, 5) is 15.3. The monoisotopic (exact) mass is 419 g/mol. The van der Waals surface area contributed by atoms with Crippen LogP contribution in [0.1, 0.15) is 36.9 Å². The Labute approximate surface area is 170 Å². The second kappa shape index (κ2) is 7.91. The first kappa shape index (κ1) is 20.1. The largest absolute Gasteiger partial charge is 0.310 e. The van der Waals surface area contributed by atoms with E-state index < -0.39 is 10.0 Å². The highest BCUT2D eigenvalue weighted by Gasteiger charge is 2.35. The van der Waals surface area contributed by atoms with Gasteiger partial charge in [0.05, 0.1) is 5.75 Å². The van der Waals surface area contributed by atoms with Crippen LogP contribution in [0.25, 0.3) is 0 Å². The smallest absolute Gasteiger partial charge is 0.275 e. The molecule has 8 heteroatoms. The molecule has 2 aliphatic heterocycles. The summed E-state index contributed by atoms with van der Waals surface area (Å²) >= 11 is 0. The van der Waals surface area contributed by atoms with Gasteiger partial charge in [0.15, 0.2) is 0 Å². The van der Waals surface area contributed by atoms with Crippen LogP contribution in [-0.2, 0) is 23.1 Å². The molecular formula is C21H26FN3O3S. The number of nitrogens with zero attached hydrogens (tertiary/aromatic N) is 2. The van der Waals surface area contributed by atoms with Gasteiger partial charge in [0.2, 0.25) is 10.0 Å². The average Bonchev–Trinajstić information content (AvgIpc) is 2.66. The molecule has 1 aromatic heterocycles. The van der Waals surface area contributed by atoms with Gasteiger partial charge in [-0.1, -0.05) is 19.1 Å². The number of rotatable bonds is 6. The molecule has 0 amide bonds. The van der Waals surface area contributed by atoms with Crippen molar-refractivity contribution in [2.45, 2.75) is 38.8 Å². The highest BCUT2D eigenvalue weighted by Crippen LogP contribution is 2.36. The molecule has 0 aliphatic carbocycles. The SMILES string of the molecule is CCCS(=O)(=O)Nc1ccc2n(c1=O)C[C@@H]1C[C@@H]2CN(Cc2ccc(F)cc2)C1. The highest BCUT2D eigenvalue weighted by atomic mass is 32.2. The molecule has 0 spiro atoms. The van der Waals surface area contributed by atoms with E-state index in [4.69, 9.17) is 0 Å². The summed E-state index contributed by atoms with van der Waals surface area (Å²) in [5.74, 6) is 0.333. The third-order valence-electron chi connectivity index (χ3n) is 5.74. The standard InChI is InChI=1S/C21H26FN3O3S/c1-2-9-29(27,28)23-19-7-8-20-17-10-16(13-25(20)21(19)26)12-24(14-17)11-15-3-5-18(22)6-4-15/h3-8,16-17,23H,2,9-14H2,1H3/t16-,17-/m1/s1. The van der Waals surface area contributed by atoms with Gasteiger partial charge in [-0.3, -0.25) is 14.4 Å². The van der Waals surface area contributed by atoms with Crippen LogP contribution in [0.15, 0.2) is 41.2 Å². The number of aromatic nitrogens is 1. The van der Waals surface area contributed by atoms with Crippen LogP contribution in [0, 0.1) is 11.7 Å². The van der Waals surface area contributed by atoms with Gasteiger partial charge in [-0.05, 0) is 48.6 Å². The Bertz CT molecular complexity index is 1050. The lowest BCUT2D eigenvalue weighted by molar-refractivity contribution is 0.114. The molecule has 1 N–H and O–H groups in total. The number of likely N-dealkylation sites (tertiary alicyclic amines) is 1. The van der Waals surface area contributed by atoms with Crippen LogP contribution < -0.4 is 10.3 Å². The molecule has 6 nitrogen and oxygen atoms in total. The average molecular weight is 420 g/mol. The zero-order valence-electron chi connectivity index (χ0n) is 16.5. The van der Waals surface area contributed by atoms with E-state index in [9.17, 15) is 17.6 Å². The highest BCUT2D eigenvalue weighted by molar-refractivity contribution is 7.92. The molecule has 4 rings (SSSR count). The molecule has 1 fully saturated rings. The number of hydrogen-bond acceptors (Lipinski definition) is 4. The molecule has 3 heterocycles. The predicted molar refractivity (Wildman–Crippen MR) is 111 cm³/mol. The maximum absolute atomic E-state index is 13.1. The summed E-state index contributed by atoms with van der Waals surface area (Å²) in [6, 6.07) is 10.1. The van der Waals surface area contributed by atoms with E-state index in [0.29, 0.717) is 18.9 Å². The van der Waals surface area contributed by atoms with Crippen molar-refractivity contribution in [3.63, 3.8) is 0 Å². The minimum atomic E-state index is -3.50. The molecule has 0 unspecified atom stereocenters. The van der Waals surface area contributed by atoms with Crippen LogP contribution in [0.2, 0.25) is 0 Å². The van der Waals surface area contributed by atoms with E-state index >= 15 is 0 Å². The first-order chi connectivity index (χ1) is 13.8. The van der Waals surface area contributed by atoms with Gasteiger partial charge in [-0.2, -0.15) is 0 Å². The Morgan fingerprint density at radius 1 is 1.10 bits per heavy atom. The van der Waals surface area contributed by atoms with Crippen molar-refractivity contribution in [3.8, 4) is 0 Å². The van der Waals surface area contributed by atoms with Crippen molar-refractivity contribution in [1.29, 1.82) is 0 Å². The van der Waals surface area contributed by atoms with Gasteiger partial charge in [-0.15, -0.1) is 0 Å². The fourth-order valence-corrected chi connectivity index (χ4v) is 5.72. The van der Waals surface area contributed by atoms with Crippen molar-refractivity contribution < 1.29 is 12.8 Å². The molecule has 2 aliphatic rings. The van der Waals surface area contributed by atoms with Crippen molar-refractivity contribution in [3.05, 3.63) is 63.8 Å². The molecule has 29 heavy (non-hydrogen) atoms. The summed E-state index contributed by atoms with van der Waals surface area (Å²) in [6.07, 6.45) is 1.52. The van der Waals surface area contributed by atoms with E-state index in [2.05, 4.69) is 9.62 Å². The zero-order chi connectivity index (χ0) is 20.6. The van der Waals surface area contributed by atoms with E-state index in [-0.39, 0.29) is 28.7 Å². The fraction of sp³-hybridized carbons (Fsp3) is 0.476. The molecule has 0 saturated carbocycles. The Kier molecular flexibility index (Phi) is 5.48. The summed E-state index contributed by atoms with van der Waals surface area (Å²) < 4.78 is 41.5. The Morgan fingerprint density at radius 3 is 2.59 bits per heavy atom. The van der Waals surface area contributed by atoms with Crippen molar-refractivity contribution in [2.75, 3.05) is 23.6 Å². The van der Waals surface area contributed by atoms with Crippen LogP contribution in [0.4, 0.5) is 10.1 Å². The Hall–Kier alpha value is -2.19. The number of nitrogens with one attached hydrogen (secondary N) is 1. The Balaban J connectivity index is 1.54. The molecule has 2 atom stereocenters. The van der Waals surface area contributed by atoms with E-state index in [1.54, 1.807) is 17.6 Å². The molecule has 1 saturated heterocycles. The summed E-state index contributed by atoms with van der Waals surface area (Å²) in [7, 11) is -3.50. The number of fused-ring (bicyclic) bond motifs is 4. The maximum atomic E-state index is 13.1. The van der Waals surface area contributed by atoms with Gasteiger partial charge in [-0.25, -0.2) is 12.8 Å². The first-order valence-electron chi connectivity index (χ1n) is 10.1. The summed E-state index contributed by atoms with van der Waals surface area (Å²) in [6.45, 7) is 4.83. The number of benzene rings is 1. The molecule has 2 aromatic rings. The van der Waals surface area contributed by atoms with Crippen molar-refractivity contribution in [1.82, 2.24) is 9.47 Å². The lowest BCUT2D eigenvalue weighted by atomic mass is 9.83. The molecule has 1 aromatic carbocycles. The number of sulfonamides is 1. The van der Waals surface area contributed by atoms with Gasteiger partial charge >= 0.3 is 0 Å². The number of piperidine rings is 1. The number of anilines is 1. The van der Waals surface area contributed by atoms with E-state index in [0.717, 1.165) is 37.3 Å². The maximum Gasteiger partial charge on any atom is 0.275 e. The van der Waals surface area contributed by atoms with Gasteiger partial charge < -0.3 is 4.57 Å². The normalized spacial score (nSPS) is 21.6. The van der Waals surface area contributed by atoms with E-state index in [1.165, 1.54) is 12.1 Å². The number of hydrogen-bond donors (Lipinski definition) is 1. The minimum absolute atomic E-state index is 0.00220. The quantitative estimate of drug-likeness (QED) is 0.782. The lowest BCUT2D eigenvalue weighted by Crippen LogP contribution is -2.47. The third-order valence-corrected chi connectivity index (χ3v) is 7.21. The topological polar surface area (TPSA) is 71.4 Å². The summed E-state index contributed by atoms with van der Waals surface area (Å²) in [5, 5.41) is 0. The van der Waals surface area contributed by atoms with Gasteiger partial charge in [0, 0.05) is 37.8 Å². The molecule has 2 bridgehead atoms. The third kappa shape index (κ3) is 4.38. The summed E-state index contributed by atoms with van der Waals surface area (Å²) in [5.41, 5.74) is 1.91. The second-order valence-electron chi connectivity index (χ2n) is 8.13. The minimum Gasteiger partial charge on any atom is -0.310 e. The molecule has 0 radical (unpaired) electrons. The molecule has 156 valence electrons. The van der Waals surface area contributed by atoms with Crippen molar-refractivity contribution in [2.24, 2.45) is 5.92 Å². The lowest BCUT2D eigenvalue weighted by Gasteiger charge is -2.43. The van der Waals surface area contributed by atoms with Gasteiger partial charge in [0.25, 0.3) is 5.56 Å². The van der Waals surface area contributed by atoms with Crippen LogP contribution in [0.3, 0.4) is 0 Å². The Morgan fingerprint density at radius 2 is 1.86 bits per heavy atom. The fourth-order valence-electron chi connectivity index (χ4n) is 4.59. The van der Waals surface area contributed by atoms with Crippen LogP contribution in [-0.4, -0.2) is 36.7 Å².